The second kappa shape index (κ2) is 5.91. The van der Waals surface area contributed by atoms with Crippen LogP contribution in [-0.4, -0.2) is 23.3 Å². The van der Waals surface area contributed by atoms with Crippen LogP contribution in [-0.2, 0) is 9.53 Å². The van der Waals surface area contributed by atoms with Gasteiger partial charge < -0.3 is 9.84 Å². The van der Waals surface area contributed by atoms with E-state index in [-0.39, 0.29) is 5.60 Å². The molecule has 21 heavy (non-hydrogen) atoms. The molecule has 1 spiro atoms. The van der Waals surface area contributed by atoms with Crippen LogP contribution in [0.1, 0.15) is 77.6 Å². The number of ether oxygens (including phenoxy) is 1. The molecule has 2 saturated carbocycles. The summed E-state index contributed by atoms with van der Waals surface area (Å²) in [5.41, 5.74) is -0.448. The summed E-state index contributed by atoms with van der Waals surface area (Å²) >= 11 is 0. The summed E-state index contributed by atoms with van der Waals surface area (Å²) in [4.78, 5) is 12.2. The molecular formula is C18H30O3. The van der Waals surface area contributed by atoms with E-state index in [0.717, 1.165) is 51.6 Å². The first-order valence-electron chi connectivity index (χ1n) is 8.94. The molecule has 3 rings (SSSR count). The Bertz CT molecular complexity index is 380. The van der Waals surface area contributed by atoms with Gasteiger partial charge in [0.2, 0.25) is 0 Å². The molecule has 120 valence electrons. The van der Waals surface area contributed by atoms with E-state index in [4.69, 9.17) is 4.74 Å². The van der Waals surface area contributed by atoms with Crippen LogP contribution in [0.5, 0.6) is 0 Å². The van der Waals surface area contributed by atoms with Gasteiger partial charge >= 0.3 is 5.97 Å². The molecule has 3 fully saturated rings. The Kier molecular flexibility index (Phi) is 4.31. The van der Waals surface area contributed by atoms with Crippen LogP contribution >= 0.6 is 0 Å². The predicted octanol–water partition coefficient (Wildman–Crippen LogP) is 4.40. The Morgan fingerprint density at radius 3 is 2.48 bits per heavy atom. The minimum Gasteiger partial charge on any atom is -0.481 e. The van der Waals surface area contributed by atoms with Crippen molar-refractivity contribution in [3.63, 3.8) is 0 Å². The smallest absolute Gasteiger partial charge is 0.309 e. The van der Waals surface area contributed by atoms with Gasteiger partial charge in [-0.15, -0.1) is 0 Å². The van der Waals surface area contributed by atoms with Crippen molar-refractivity contribution in [2.24, 2.45) is 17.3 Å². The lowest BCUT2D eigenvalue weighted by atomic mass is 9.58. The highest BCUT2D eigenvalue weighted by atomic mass is 16.5. The molecule has 3 unspecified atom stereocenters. The molecule has 0 radical (unpaired) electrons. The van der Waals surface area contributed by atoms with Crippen LogP contribution < -0.4 is 0 Å². The molecule has 3 atom stereocenters. The van der Waals surface area contributed by atoms with Gasteiger partial charge in [-0.3, -0.25) is 4.79 Å². The lowest BCUT2D eigenvalue weighted by molar-refractivity contribution is -0.173. The van der Waals surface area contributed by atoms with Crippen LogP contribution in [0.4, 0.5) is 0 Å². The fourth-order valence-corrected chi connectivity index (χ4v) is 5.38. The van der Waals surface area contributed by atoms with Gasteiger partial charge in [0.1, 0.15) is 0 Å². The summed E-state index contributed by atoms with van der Waals surface area (Å²) in [7, 11) is 0. The highest BCUT2D eigenvalue weighted by Gasteiger charge is 2.52. The lowest BCUT2D eigenvalue weighted by Gasteiger charge is -2.50. The molecule has 1 heterocycles. The van der Waals surface area contributed by atoms with Crippen LogP contribution in [0.15, 0.2) is 0 Å². The Labute approximate surface area is 128 Å². The van der Waals surface area contributed by atoms with Crippen molar-refractivity contribution < 1.29 is 14.6 Å². The van der Waals surface area contributed by atoms with Crippen molar-refractivity contribution in [2.45, 2.75) is 83.2 Å². The minimum absolute atomic E-state index is 0.0182. The average Bonchev–Trinajstić information content (AvgIpc) is 2.48. The van der Waals surface area contributed by atoms with Crippen molar-refractivity contribution in [3.05, 3.63) is 0 Å². The van der Waals surface area contributed by atoms with Crippen molar-refractivity contribution in [3.8, 4) is 0 Å². The van der Waals surface area contributed by atoms with E-state index in [1.165, 1.54) is 25.7 Å². The Morgan fingerprint density at radius 1 is 1.05 bits per heavy atom. The van der Waals surface area contributed by atoms with Crippen LogP contribution in [0.25, 0.3) is 0 Å². The van der Waals surface area contributed by atoms with E-state index in [0.29, 0.717) is 11.8 Å². The molecule has 2 aliphatic carbocycles. The highest BCUT2D eigenvalue weighted by Crippen LogP contribution is 2.53. The number of carboxylic acids is 1. The first-order chi connectivity index (χ1) is 10.1. The zero-order valence-corrected chi connectivity index (χ0v) is 13.4. The largest absolute Gasteiger partial charge is 0.481 e. The zero-order valence-electron chi connectivity index (χ0n) is 13.4. The second-order valence-corrected chi connectivity index (χ2v) is 7.94. The monoisotopic (exact) mass is 294 g/mol. The van der Waals surface area contributed by atoms with E-state index in [1.807, 2.05) is 0 Å². The van der Waals surface area contributed by atoms with E-state index in [9.17, 15) is 9.90 Å². The van der Waals surface area contributed by atoms with E-state index in [1.54, 1.807) is 0 Å². The number of hydrogen-bond donors (Lipinski definition) is 1. The third-order valence-corrected chi connectivity index (χ3v) is 6.50. The molecule has 0 aromatic carbocycles. The van der Waals surface area contributed by atoms with E-state index < -0.39 is 11.4 Å². The van der Waals surface area contributed by atoms with Crippen molar-refractivity contribution in [1.82, 2.24) is 0 Å². The molecule has 3 aliphatic rings. The predicted molar refractivity (Wildman–Crippen MR) is 82.2 cm³/mol. The Hall–Kier alpha value is -0.570. The summed E-state index contributed by atoms with van der Waals surface area (Å²) in [5.74, 6) is 0.344. The Balaban J connectivity index is 1.80. The van der Waals surface area contributed by atoms with Gasteiger partial charge in [0.05, 0.1) is 11.0 Å². The summed E-state index contributed by atoms with van der Waals surface area (Å²) in [6.07, 6.45) is 12.1. The summed E-state index contributed by atoms with van der Waals surface area (Å²) in [5, 5.41) is 10.0. The first-order valence-corrected chi connectivity index (χ1v) is 8.94. The maximum absolute atomic E-state index is 12.2. The molecule has 1 aliphatic heterocycles. The highest BCUT2D eigenvalue weighted by molar-refractivity contribution is 5.75. The second-order valence-electron chi connectivity index (χ2n) is 7.94. The molecule has 3 nitrogen and oxygen atoms in total. The SMILES string of the molecule is CC1CCCC(C(=O)O)(C2CCOC3(CCCCC3)C2)C1. The maximum atomic E-state index is 12.2. The molecule has 0 aromatic heterocycles. The van der Waals surface area contributed by atoms with Crippen molar-refractivity contribution in [1.29, 1.82) is 0 Å². The number of aliphatic carboxylic acids is 1. The van der Waals surface area contributed by atoms with Gasteiger partial charge in [-0.2, -0.15) is 0 Å². The third-order valence-electron chi connectivity index (χ3n) is 6.50. The molecule has 1 saturated heterocycles. The van der Waals surface area contributed by atoms with Crippen LogP contribution in [0.3, 0.4) is 0 Å². The van der Waals surface area contributed by atoms with Crippen molar-refractivity contribution >= 4 is 5.97 Å². The summed E-state index contributed by atoms with van der Waals surface area (Å²) in [6.45, 7) is 3.00. The third kappa shape index (κ3) is 2.86. The van der Waals surface area contributed by atoms with Crippen LogP contribution in [0, 0.1) is 17.3 Å². The fourth-order valence-electron chi connectivity index (χ4n) is 5.38. The quantitative estimate of drug-likeness (QED) is 0.821. The number of hydrogen-bond acceptors (Lipinski definition) is 2. The van der Waals surface area contributed by atoms with E-state index in [2.05, 4.69) is 6.92 Å². The van der Waals surface area contributed by atoms with E-state index >= 15 is 0 Å². The fraction of sp³-hybridized carbons (Fsp3) is 0.944. The number of carboxylic acid groups (broad SMARTS) is 1. The van der Waals surface area contributed by atoms with Gasteiger partial charge in [0, 0.05) is 6.61 Å². The molecule has 0 bridgehead atoms. The molecular weight excluding hydrogens is 264 g/mol. The first kappa shape index (κ1) is 15.3. The van der Waals surface area contributed by atoms with Gasteiger partial charge in [-0.25, -0.2) is 0 Å². The number of carbonyl (C=O) groups is 1. The van der Waals surface area contributed by atoms with Gasteiger partial charge in [-0.05, 0) is 50.4 Å². The molecule has 0 aromatic rings. The summed E-state index contributed by atoms with van der Waals surface area (Å²) < 4.78 is 6.19. The molecule has 0 amide bonds. The van der Waals surface area contributed by atoms with Crippen LogP contribution in [0.2, 0.25) is 0 Å². The topological polar surface area (TPSA) is 46.5 Å². The average molecular weight is 294 g/mol. The molecule has 3 heteroatoms. The van der Waals surface area contributed by atoms with Gasteiger partial charge in [0.15, 0.2) is 0 Å². The van der Waals surface area contributed by atoms with Gasteiger partial charge in [0.25, 0.3) is 0 Å². The normalized spacial score (nSPS) is 40.0. The number of rotatable bonds is 2. The maximum Gasteiger partial charge on any atom is 0.309 e. The lowest BCUT2D eigenvalue weighted by Crippen LogP contribution is -2.50. The van der Waals surface area contributed by atoms with Crippen molar-refractivity contribution in [2.75, 3.05) is 6.61 Å². The molecule has 1 N–H and O–H groups in total. The minimum atomic E-state index is -0.535. The zero-order chi connectivity index (χ0) is 14.9. The Morgan fingerprint density at radius 2 is 1.81 bits per heavy atom. The van der Waals surface area contributed by atoms with Gasteiger partial charge in [-0.1, -0.05) is 39.0 Å². The summed E-state index contributed by atoms with van der Waals surface area (Å²) in [6, 6.07) is 0. The standard InChI is InChI=1S/C18H30O3/c1-14-6-5-10-18(12-14,16(19)20)15-7-11-21-17(13-15)8-3-2-4-9-17/h14-15H,2-13H2,1H3,(H,19,20).